The lowest BCUT2D eigenvalue weighted by atomic mass is 10.1. The van der Waals surface area contributed by atoms with Crippen molar-refractivity contribution in [2.45, 2.75) is 16.7 Å². The number of halogens is 1. The van der Waals surface area contributed by atoms with Crippen LogP contribution in [0.15, 0.2) is 52.3 Å². The highest BCUT2D eigenvalue weighted by molar-refractivity contribution is 7.90. The van der Waals surface area contributed by atoms with Crippen molar-refractivity contribution in [3.63, 3.8) is 0 Å². The van der Waals surface area contributed by atoms with E-state index in [1.54, 1.807) is 6.92 Å². The summed E-state index contributed by atoms with van der Waals surface area (Å²) in [7, 11) is -7.62. The quantitative estimate of drug-likeness (QED) is 0.867. The molecule has 0 aliphatic heterocycles. The van der Waals surface area contributed by atoms with E-state index in [1.165, 1.54) is 36.4 Å². The van der Waals surface area contributed by atoms with E-state index in [9.17, 15) is 21.6 Å². The van der Waals surface area contributed by atoms with Crippen molar-refractivity contribution in [2.24, 2.45) is 0 Å². The molecule has 0 fully saturated rings. The van der Waals surface area contributed by atoms with Crippen molar-refractivity contribution in [1.29, 1.82) is 0 Å². The van der Waals surface area contributed by atoms with Crippen molar-refractivity contribution >= 4 is 37.4 Å². The van der Waals surface area contributed by atoms with Crippen LogP contribution in [-0.4, -0.2) is 29.0 Å². The van der Waals surface area contributed by atoms with Gasteiger partial charge in [-0.2, -0.15) is 0 Å². The molecule has 128 valence electrons. The van der Waals surface area contributed by atoms with Crippen LogP contribution in [0.5, 0.6) is 0 Å². The van der Waals surface area contributed by atoms with Gasteiger partial charge < -0.3 is 0 Å². The number of amides is 1. The van der Waals surface area contributed by atoms with Gasteiger partial charge in [-0.25, -0.2) is 21.6 Å². The second-order valence-corrected chi connectivity index (χ2v) is 9.27. The molecule has 1 amide bonds. The van der Waals surface area contributed by atoms with Gasteiger partial charge >= 0.3 is 0 Å². The highest BCUT2D eigenvalue weighted by atomic mass is 35.5. The van der Waals surface area contributed by atoms with Crippen LogP contribution in [0.3, 0.4) is 0 Å². The second kappa shape index (κ2) is 6.54. The Morgan fingerprint density at radius 2 is 1.50 bits per heavy atom. The monoisotopic (exact) mass is 387 g/mol. The summed E-state index contributed by atoms with van der Waals surface area (Å²) in [6.07, 6.45) is 1.00. The molecule has 0 heterocycles. The maximum atomic E-state index is 12.3. The molecule has 0 spiro atoms. The minimum Gasteiger partial charge on any atom is -0.268 e. The van der Waals surface area contributed by atoms with Crippen molar-refractivity contribution in [3.05, 3.63) is 58.6 Å². The number of rotatable bonds is 4. The standard InChI is InChI=1S/C15H14ClNO5S2/c1-10-3-6-13(23(2,19)20)9-14(10)15(18)17-24(21,22)12-7-4-11(16)5-8-12/h3-9H,1-2H3,(H,17,18). The Morgan fingerprint density at radius 3 is 2.04 bits per heavy atom. The molecule has 0 unspecified atom stereocenters. The molecule has 0 radical (unpaired) electrons. The van der Waals surface area contributed by atoms with Crippen molar-refractivity contribution in [2.75, 3.05) is 6.26 Å². The Balaban J connectivity index is 2.38. The maximum Gasteiger partial charge on any atom is 0.265 e. The molecule has 0 saturated heterocycles. The lowest BCUT2D eigenvalue weighted by Gasteiger charge is -2.10. The van der Waals surface area contributed by atoms with Gasteiger partial charge in [-0.1, -0.05) is 17.7 Å². The first-order valence-electron chi connectivity index (χ1n) is 6.64. The van der Waals surface area contributed by atoms with Gasteiger partial charge in [0.25, 0.3) is 15.9 Å². The number of benzene rings is 2. The summed E-state index contributed by atoms with van der Waals surface area (Å²) in [6, 6.07) is 9.24. The van der Waals surface area contributed by atoms with Gasteiger partial charge in [-0.15, -0.1) is 0 Å². The van der Waals surface area contributed by atoms with Crippen LogP contribution in [-0.2, 0) is 19.9 Å². The SMILES string of the molecule is Cc1ccc(S(C)(=O)=O)cc1C(=O)NS(=O)(=O)c1ccc(Cl)cc1. The Labute approximate surface area is 145 Å². The highest BCUT2D eigenvalue weighted by Gasteiger charge is 2.21. The summed E-state index contributed by atoms with van der Waals surface area (Å²) in [4.78, 5) is 12.1. The van der Waals surface area contributed by atoms with E-state index < -0.39 is 25.8 Å². The van der Waals surface area contributed by atoms with E-state index in [0.717, 1.165) is 12.3 Å². The van der Waals surface area contributed by atoms with Crippen LogP contribution in [0.1, 0.15) is 15.9 Å². The van der Waals surface area contributed by atoms with Crippen LogP contribution < -0.4 is 4.72 Å². The van der Waals surface area contributed by atoms with Gasteiger partial charge in [0.15, 0.2) is 9.84 Å². The predicted molar refractivity (Wildman–Crippen MR) is 90.4 cm³/mol. The summed E-state index contributed by atoms with van der Waals surface area (Å²) >= 11 is 5.71. The third-order valence-electron chi connectivity index (χ3n) is 3.23. The molecule has 0 aromatic heterocycles. The Morgan fingerprint density at radius 1 is 0.958 bits per heavy atom. The summed E-state index contributed by atoms with van der Waals surface area (Å²) in [5.74, 6) is -0.909. The first-order chi connectivity index (χ1) is 11.0. The molecular weight excluding hydrogens is 374 g/mol. The molecule has 2 aromatic carbocycles. The van der Waals surface area contributed by atoms with Gasteiger partial charge in [-0.05, 0) is 48.9 Å². The average Bonchev–Trinajstić information content (AvgIpc) is 2.46. The molecule has 0 aliphatic rings. The van der Waals surface area contributed by atoms with E-state index in [4.69, 9.17) is 11.6 Å². The number of hydrogen-bond acceptors (Lipinski definition) is 5. The van der Waals surface area contributed by atoms with E-state index in [0.29, 0.717) is 10.6 Å². The lowest BCUT2D eigenvalue weighted by molar-refractivity contribution is 0.0980. The third kappa shape index (κ3) is 4.14. The number of sulfone groups is 1. The van der Waals surface area contributed by atoms with E-state index in [-0.39, 0.29) is 15.4 Å². The first-order valence-corrected chi connectivity index (χ1v) is 10.4. The molecule has 2 aromatic rings. The van der Waals surface area contributed by atoms with Crippen LogP contribution in [0, 0.1) is 6.92 Å². The number of nitrogens with one attached hydrogen (secondary N) is 1. The summed E-state index contributed by atoms with van der Waals surface area (Å²) in [5.41, 5.74) is 0.418. The molecule has 0 aliphatic carbocycles. The summed E-state index contributed by atoms with van der Waals surface area (Å²) < 4.78 is 49.6. The number of carbonyl (C=O) groups is 1. The average molecular weight is 388 g/mol. The fraction of sp³-hybridized carbons (Fsp3) is 0.133. The minimum atomic E-state index is -4.10. The number of sulfonamides is 1. The zero-order valence-corrected chi connectivity index (χ0v) is 15.2. The Kier molecular flexibility index (Phi) is 5.03. The second-order valence-electron chi connectivity index (χ2n) is 5.14. The fourth-order valence-corrected chi connectivity index (χ4v) is 3.67. The molecule has 9 heteroatoms. The van der Waals surface area contributed by atoms with Gasteiger partial charge in [0.2, 0.25) is 0 Å². The topological polar surface area (TPSA) is 97.4 Å². The zero-order valence-electron chi connectivity index (χ0n) is 12.8. The van der Waals surface area contributed by atoms with Crippen LogP contribution >= 0.6 is 11.6 Å². The number of aryl methyl sites for hydroxylation is 1. The van der Waals surface area contributed by atoms with Gasteiger partial charge in [0.1, 0.15) is 0 Å². The first kappa shape index (κ1) is 18.4. The number of carbonyl (C=O) groups excluding carboxylic acids is 1. The molecule has 24 heavy (non-hydrogen) atoms. The molecule has 0 saturated carbocycles. The Bertz CT molecular complexity index is 997. The van der Waals surface area contributed by atoms with Crippen molar-refractivity contribution < 1.29 is 21.6 Å². The van der Waals surface area contributed by atoms with Gasteiger partial charge in [0, 0.05) is 16.8 Å². The smallest absolute Gasteiger partial charge is 0.265 e. The molecular formula is C15H14ClNO5S2. The predicted octanol–water partition coefficient (Wildman–Crippen LogP) is 2.17. The molecule has 1 N–H and O–H groups in total. The van der Waals surface area contributed by atoms with Gasteiger partial charge in [0.05, 0.1) is 9.79 Å². The maximum absolute atomic E-state index is 12.3. The fourth-order valence-electron chi connectivity index (χ4n) is 1.93. The van der Waals surface area contributed by atoms with E-state index in [1.807, 2.05) is 4.72 Å². The molecule has 6 nitrogen and oxygen atoms in total. The molecule has 0 bridgehead atoms. The van der Waals surface area contributed by atoms with Crippen molar-refractivity contribution in [3.8, 4) is 0 Å². The normalized spacial score (nSPS) is 12.0. The minimum absolute atomic E-state index is 0.0320. The molecule has 2 rings (SSSR count). The van der Waals surface area contributed by atoms with Crippen molar-refractivity contribution in [1.82, 2.24) is 4.72 Å². The van der Waals surface area contributed by atoms with E-state index in [2.05, 4.69) is 0 Å². The Hall–Kier alpha value is -1.90. The third-order valence-corrected chi connectivity index (χ3v) is 5.94. The summed E-state index contributed by atoms with van der Waals surface area (Å²) in [6.45, 7) is 1.58. The zero-order chi connectivity index (χ0) is 18.1. The van der Waals surface area contributed by atoms with Crippen LogP contribution in [0.4, 0.5) is 0 Å². The molecule has 0 atom stereocenters. The van der Waals surface area contributed by atoms with Crippen LogP contribution in [0.2, 0.25) is 5.02 Å². The lowest BCUT2D eigenvalue weighted by Crippen LogP contribution is -2.31. The number of hydrogen-bond donors (Lipinski definition) is 1. The largest absolute Gasteiger partial charge is 0.268 e. The van der Waals surface area contributed by atoms with Crippen LogP contribution in [0.25, 0.3) is 0 Å². The summed E-state index contributed by atoms with van der Waals surface area (Å²) in [5, 5.41) is 0.358. The van der Waals surface area contributed by atoms with Gasteiger partial charge in [-0.3, -0.25) is 4.79 Å². The highest BCUT2D eigenvalue weighted by Crippen LogP contribution is 2.18. The van der Waals surface area contributed by atoms with E-state index >= 15 is 0 Å².